The number of hydrogen-bond donors (Lipinski definition) is 1. The third kappa shape index (κ3) is 2.64. The van der Waals surface area contributed by atoms with Gasteiger partial charge in [-0.25, -0.2) is 13.1 Å². The van der Waals surface area contributed by atoms with E-state index in [0.29, 0.717) is 13.2 Å². The van der Waals surface area contributed by atoms with Gasteiger partial charge in [-0.3, -0.25) is 0 Å². The standard InChI is InChI=1S/C5H11NO3S/c1-10(7,8)6-5-2-3-9-4-5/h5-6H,2-4H2,1H3/t5-/m1/s1. The lowest BCUT2D eigenvalue weighted by atomic mass is 10.3. The number of hydrogen-bond acceptors (Lipinski definition) is 3. The Morgan fingerprint density at radius 1 is 1.60 bits per heavy atom. The van der Waals surface area contributed by atoms with Crippen molar-refractivity contribution in [2.24, 2.45) is 0 Å². The van der Waals surface area contributed by atoms with Crippen molar-refractivity contribution in [3.8, 4) is 0 Å². The second kappa shape index (κ2) is 2.86. The lowest BCUT2D eigenvalue weighted by Crippen LogP contribution is -2.33. The Bertz CT molecular complexity index is 193. The summed E-state index contributed by atoms with van der Waals surface area (Å²) in [6.45, 7) is 1.17. The third-order valence-corrected chi connectivity index (χ3v) is 2.07. The molecule has 1 aliphatic rings. The molecule has 0 bridgehead atoms. The first-order valence-corrected chi connectivity index (χ1v) is 5.02. The Morgan fingerprint density at radius 3 is 2.70 bits per heavy atom. The van der Waals surface area contributed by atoms with Crippen LogP contribution in [0, 0.1) is 0 Å². The molecule has 0 amide bonds. The quantitative estimate of drug-likeness (QED) is 0.590. The van der Waals surface area contributed by atoms with Crippen LogP contribution >= 0.6 is 0 Å². The Hall–Kier alpha value is -0.130. The maximum absolute atomic E-state index is 10.6. The fourth-order valence-corrected chi connectivity index (χ4v) is 1.72. The summed E-state index contributed by atoms with van der Waals surface area (Å²) >= 11 is 0. The van der Waals surface area contributed by atoms with E-state index >= 15 is 0 Å². The van der Waals surface area contributed by atoms with Crippen LogP contribution in [0.1, 0.15) is 6.42 Å². The monoisotopic (exact) mass is 165 g/mol. The summed E-state index contributed by atoms with van der Waals surface area (Å²) in [4.78, 5) is 0. The van der Waals surface area contributed by atoms with Gasteiger partial charge in [0.25, 0.3) is 0 Å². The molecule has 10 heavy (non-hydrogen) atoms. The van der Waals surface area contributed by atoms with Gasteiger partial charge in [0.2, 0.25) is 10.0 Å². The maximum atomic E-state index is 10.6. The summed E-state index contributed by atoms with van der Waals surface area (Å²) in [7, 11) is -3.04. The highest BCUT2D eigenvalue weighted by Crippen LogP contribution is 2.03. The molecule has 1 rings (SSSR count). The first kappa shape index (κ1) is 7.97. The average molecular weight is 165 g/mol. The van der Waals surface area contributed by atoms with Crippen LogP contribution in [-0.4, -0.2) is 33.9 Å². The number of ether oxygens (including phenoxy) is 1. The van der Waals surface area contributed by atoms with Crippen LogP contribution in [0.3, 0.4) is 0 Å². The Balaban J connectivity index is 2.38. The molecular weight excluding hydrogens is 154 g/mol. The minimum atomic E-state index is -3.04. The lowest BCUT2D eigenvalue weighted by Gasteiger charge is -2.06. The van der Waals surface area contributed by atoms with E-state index in [0.717, 1.165) is 12.7 Å². The molecular formula is C5H11NO3S. The molecule has 1 heterocycles. The molecule has 1 N–H and O–H groups in total. The van der Waals surface area contributed by atoms with Gasteiger partial charge in [0.05, 0.1) is 12.9 Å². The molecule has 0 aromatic rings. The topological polar surface area (TPSA) is 55.4 Å². The molecule has 0 unspecified atom stereocenters. The van der Waals surface area contributed by atoms with Gasteiger partial charge in [-0.1, -0.05) is 0 Å². The van der Waals surface area contributed by atoms with E-state index in [4.69, 9.17) is 4.74 Å². The van der Waals surface area contributed by atoms with Crippen LogP contribution in [0.2, 0.25) is 0 Å². The first-order valence-electron chi connectivity index (χ1n) is 3.13. The van der Waals surface area contributed by atoms with Crippen molar-refractivity contribution in [2.75, 3.05) is 19.5 Å². The smallest absolute Gasteiger partial charge is 0.209 e. The second-order valence-corrected chi connectivity index (χ2v) is 4.23. The zero-order chi connectivity index (χ0) is 7.61. The van der Waals surface area contributed by atoms with Crippen LogP contribution < -0.4 is 4.72 Å². The molecule has 0 spiro atoms. The number of rotatable bonds is 2. The summed E-state index contributed by atoms with van der Waals surface area (Å²) in [6.07, 6.45) is 1.94. The van der Waals surface area contributed by atoms with Crippen LogP contribution in [-0.2, 0) is 14.8 Å². The predicted octanol–water partition coefficient (Wildman–Crippen LogP) is -0.675. The van der Waals surface area contributed by atoms with Gasteiger partial charge in [-0.2, -0.15) is 0 Å². The summed E-state index contributed by atoms with van der Waals surface area (Å²) in [5, 5.41) is 0. The zero-order valence-corrected chi connectivity index (χ0v) is 6.65. The van der Waals surface area contributed by atoms with Crippen molar-refractivity contribution in [2.45, 2.75) is 12.5 Å². The van der Waals surface area contributed by atoms with Gasteiger partial charge in [-0.15, -0.1) is 0 Å². The summed E-state index contributed by atoms with van der Waals surface area (Å²) in [6, 6.07) is -0.00463. The van der Waals surface area contributed by atoms with Gasteiger partial charge < -0.3 is 4.74 Å². The molecule has 0 aromatic heterocycles. The van der Waals surface area contributed by atoms with E-state index in [-0.39, 0.29) is 6.04 Å². The second-order valence-electron chi connectivity index (χ2n) is 2.45. The largest absolute Gasteiger partial charge is 0.380 e. The number of nitrogens with one attached hydrogen (secondary N) is 1. The van der Waals surface area contributed by atoms with Crippen LogP contribution in [0.4, 0.5) is 0 Å². The van der Waals surface area contributed by atoms with Crippen molar-refractivity contribution in [1.29, 1.82) is 0 Å². The Kier molecular flexibility index (Phi) is 2.28. The van der Waals surface area contributed by atoms with Crippen LogP contribution in [0.5, 0.6) is 0 Å². The molecule has 0 aliphatic carbocycles. The SMILES string of the molecule is CS(=O)(=O)N[C@@H]1CCOC1. The Labute approximate surface area is 60.6 Å². The van der Waals surface area contributed by atoms with Crippen molar-refractivity contribution in [1.82, 2.24) is 4.72 Å². The molecule has 1 aliphatic heterocycles. The molecule has 1 atom stereocenters. The third-order valence-electron chi connectivity index (χ3n) is 1.31. The number of sulfonamides is 1. The molecule has 0 aromatic carbocycles. The van der Waals surface area contributed by atoms with Crippen LogP contribution in [0.15, 0.2) is 0 Å². The normalized spacial score (nSPS) is 27.1. The van der Waals surface area contributed by atoms with Gasteiger partial charge in [-0.05, 0) is 6.42 Å². The van der Waals surface area contributed by atoms with E-state index in [9.17, 15) is 8.42 Å². The molecule has 60 valence electrons. The fraction of sp³-hybridized carbons (Fsp3) is 1.00. The van der Waals surface area contributed by atoms with E-state index in [1.807, 2.05) is 0 Å². The van der Waals surface area contributed by atoms with Crippen LogP contribution in [0.25, 0.3) is 0 Å². The minimum absolute atomic E-state index is 0.00463. The predicted molar refractivity (Wildman–Crippen MR) is 37.2 cm³/mol. The molecule has 1 fully saturated rings. The lowest BCUT2D eigenvalue weighted by molar-refractivity contribution is 0.192. The highest BCUT2D eigenvalue weighted by atomic mass is 32.2. The fourth-order valence-electron chi connectivity index (χ4n) is 0.930. The Morgan fingerprint density at radius 2 is 2.30 bits per heavy atom. The van der Waals surface area contributed by atoms with Gasteiger partial charge in [0.15, 0.2) is 0 Å². The molecule has 1 saturated heterocycles. The highest BCUT2D eigenvalue weighted by molar-refractivity contribution is 7.88. The highest BCUT2D eigenvalue weighted by Gasteiger charge is 2.18. The summed E-state index contributed by atoms with van der Waals surface area (Å²) in [5.74, 6) is 0. The molecule has 5 heteroatoms. The van der Waals surface area contributed by atoms with E-state index in [2.05, 4.69) is 4.72 Å². The minimum Gasteiger partial charge on any atom is -0.380 e. The van der Waals surface area contributed by atoms with Gasteiger partial charge >= 0.3 is 0 Å². The maximum Gasteiger partial charge on any atom is 0.209 e. The van der Waals surface area contributed by atoms with Gasteiger partial charge in [0, 0.05) is 12.6 Å². The van der Waals surface area contributed by atoms with E-state index in [1.165, 1.54) is 0 Å². The van der Waals surface area contributed by atoms with Crippen molar-refractivity contribution < 1.29 is 13.2 Å². The van der Waals surface area contributed by atoms with E-state index in [1.54, 1.807) is 0 Å². The molecule has 4 nitrogen and oxygen atoms in total. The first-order chi connectivity index (χ1) is 4.58. The van der Waals surface area contributed by atoms with Crippen molar-refractivity contribution in [3.63, 3.8) is 0 Å². The molecule has 0 saturated carbocycles. The van der Waals surface area contributed by atoms with E-state index < -0.39 is 10.0 Å². The average Bonchev–Trinajstić information content (AvgIpc) is 2.12. The summed E-state index contributed by atoms with van der Waals surface area (Å²) in [5.41, 5.74) is 0. The van der Waals surface area contributed by atoms with Gasteiger partial charge in [0.1, 0.15) is 0 Å². The van der Waals surface area contributed by atoms with Crippen molar-refractivity contribution >= 4 is 10.0 Å². The molecule has 0 radical (unpaired) electrons. The zero-order valence-electron chi connectivity index (χ0n) is 5.83. The summed E-state index contributed by atoms with van der Waals surface area (Å²) < 4.78 is 28.7. The van der Waals surface area contributed by atoms with Crippen molar-refractivity contribution in [3.05, 3.63) is 0 Å².